The van der Waals surface area contributed by atoms with E-state index >= 15 is 0 Å². The molecule has 20 heavy (non-hydrogen) atoms. The summed E-state index contributed by atoms with van der Waals surface area (Å²) in [5.74, 6) is 0.549. The molecule has 1 aromatic rings. The van der Waals surface area contributed by atoms with Gasteiger partial charge in [-0.05, 0) is 44.2 Å². The Kier molecular flexibility index (Phi) is 5.09. The van der Waals surface area contributed by atoms with Gasteiger partial charge in [0.1, 0.15) is 0 Å². The van der Waals surface area contributed by atoms with Gasteiger partial charge < -0.3 is 5.11 Å². The molecule has 1 N–H and O–H groups in total. The number of nitrogens with zero attached hydrogens (tertiary/aromatic N) is 2. The Bertz CT molecular complexity index is 474. The van der Waals surface area contributed by atoms with Crippen molar-refractivity contribution in [1.82, 2.24) is 4.90 Å². The van der Waals surface area contributed by atoms with E-state index in [2.05, 4.69) is 4.90 Å². The summed E-state index contributed by atoms with van der Waals surface area (Å²) in [4.78, 5) is 13.0. The standard InChI is InChI=1S/C15H22N2O3/c1-12-14(5-2-6-15(12)17(19)20)11-16-8-3-4-13(10-16)7-9-18/h2,5-6,13,18H,3-4,7-11H2,1H3. The van der Waals surface area contributed by atoms with Crippen LogP contribution in [0.4, 0.5) is 5.69 Å². The number of aliphatic hydroxyl groups is 1. The third-order valence-corrected chi connectivity index (χ3v) is 4.15. The molecule has 1 heterocycles. The van der Waals surface area contributed by atoms with Crippen molar-refractivity contribution in [3.05, 3.63) is 39.4 Å². The van der Waals surface area contributed by atoms with Crippen LogP contribution in [-0.2, 0) is 6.54 Å². The maximum Gasteiger partial charge on any atom is 0.272 e. The van der Waals surface area contributed by atoms with E-state index in [1.807, 2.05) is 13.0 Å². The number of benzene rings is 1. The molecule has 1 saturated heterocycles. The fourth-order valence-corrected chi connectivity index (χ4v) is 2.99. The first-order valence-electron chi connectivity index (χ1n) is 7.18. The minimum Gasteiger partial charge on any atom is -0.396 e. The molecule has 1 atom stereocenters. The molecule has 5 heteroatoms. The van der Waals surface area contributed by atoms with E-state index in [1.165, 1.54) is 6.42 Å². The zero-order chi connectivity index (χ0) is 14.5. The second-order valence-electron chi connectivity index (χ2n) is 5.57. The molecule has 2 rings (SSSR count). The average molecular weight is 278 g/mol. The molecule has 1 aliphatic rings. The minimum absolute atomic E-state index is 0.200. The molecule has 1 unspecified atom stereocenters. The van der Waals surface area contributed by atoms with Gasteiger partial charge in [0.2, 0.25) is 0 Å². The lowest BCUT2D eigenvalue weighted by atomic mass is 9.94. The van der Waals surface area contributed by atoms with Crippen LogP contribution in [0, 0.1) is 23.0 Å². The highest BCUT2D eigenvalue weighted by molar-refractivity contribution is 5.44. The van der Waals surface area contributed by atoms with E-state index in [-0.39, 0.29) is 17.2 Å². The topological polar surface area (TPSA) is 66.6 Å². The SMILES string of the molecule is Cc1c(CN2CCCC(CCO)C2)cccc1[N+](=O)[O-]. The number of nitro groups is 1. The Balaban J connectivity index is 2.06. The number of nitro benzene ring substituents is 1. The molecule has 0 aromatic heterocycles. The second-order valence-corrected chi connectivity index (χ2v) is 5.57. The van der Waals surface area contributed by atoms with Gasteiger partial charge in [-0.25, -0.2) is 0 Å². The molecule has 0 radical (unpaired) electrons. The summed E-state index contributed by atoms with van der Waals surface area (Å²) in [6.45, 7) is 4.83. The van der Waals surface area contributed by atoms with E-state index in [9.17, 15) is 10.1 Å². The fraction of sp³-hybridized carbons (Fsp3) is 0.600. The summed E-state index contributed by atoms with van der Waals surface area (Å²) in [5, 5.41) is 20.0. The highest BCUT2D eigenvalue weighted by Gasteiger charge is 2.21. The Morgan fingerprint density at radius 3 is 3.00 bits per heavy atom. The van der Waals surface area contributed by atoms with Crippen molar-refractivity contribution in [2.24, 2.45) is 5.92 Å². The van der Waals surface area contributed by atoms with Gasteiger partial charge >= 0.3 is 0 Å². The molecule has 0 aliphatic carbocycles. The van der Waals surface area contributed by atoms with Gasteiger partial charge in [0, 0.05) is 31.3 Å². The highest BCUT2D eigenvalue weighted by Crippen LogP contribution is 2.25. The number of hydrogen-bond donors (Lipinski definition) is 1. The molecule has 1 aliphatic heterocycles. The molecular formula is C15H22N2O3. The minimum atomic E-state index is -0.316. The van der Waals surface area contributed by atoms with Crippen LogP contribution < -0.4 is 0 Å². The van der Waals surface area contributed by atoms with Gasteiger partial charge in [-0.2, -0.15) is 0 Å². The van der Waals surface area contributed by atoms with E-state index in [1.54, 1.807) is 12.1 Å². The van der Waals surface area contributed by atoms with E-state index < -0.39 is 0 Å². The summed E-state index contributed by atoms with van der Waals surface area (Å²) in [6, 6.07) is 5.29. The lowest BCUT2D eigenvalue weighted by Gasteiger charge is -2.32. The predicted octanol–water partition coefficient (Wildman–Crippen LogP) is 2.50. The van der Waals surface area contributed by atoms with Crippen molar-refractivity contribution in [3.63, 3.8) is 0 Å². The lowest BCUT2D eigenvalue weighted by Crippen LogP contribution is -2.35. The van der Waals surface area contributed by atoms with Crippen molar-refractivity contribution in [2.45, 2.75) is 32.7 Å². The molecule has 110 valence electrons. The molecule has 0 amide bonds. The van der Waals surface area contributed by atoms with Gasteiger partial charge in [0.25, 0.3) is 5.69 Å². The van der Waals surface area contributed by atoms with Gasteiger partial charge in [0.05, 0.1) is 4.92 Å². The predicted molar refractivity (Wildman–Crippen MR) is 77.5 cm³/mol. The number of aliphatic hydroxyl groups excluding tert-OH is 1. The monoisotopic (exact) mass is 278 g/mol. The van der Waals surface area contributed by atoms with E-state index in [0.29, 0.717) is 5.92 Å². The molecule has 5 nitrogen and oxygen atoms in total. The maximum absolute atomic E-state index is 11.0. The summed E-state index contributed by atoms with van der Waals surface area (Å²) < 4.78 is 0. The van der Waals surface area contributed by atoms with Crippen LogP contribution in [0.15, 0.2) is 18.2 Å². The molecular weight excluding hydrogens is 256 g/mol. The van der Waals surface area contributed by atoms with E-state index in [0.717, 1.165) is 43.6 Å². The Hall–Kier alpha value is -1.46. The average Bonchev–Trinajstić information content (AvgIpc) is 2.42. The van der Waals surface area contributed by atoms with Crippen LogP contribution in [0.2, 0.25) is 0 Å². The number of piperidine rings is 1. The van der Waals surface area contributed by atoms with Gasteiger partial charge in [-0.3, -0.25) is 15.0 Å². The maximum atomic E-state index is 11.0. The van der Waals surface area contributed by atoms with Gasteiger partial charge in [0.15, 0.2) is 0 Å². The van der Waals surface area contributed by atoms with Crippen molar-refractivity contribution >= 4 is 5.69 Å². The van der Waals surface area contributed by atoms with Crippen molar-refractivity contribution in [3.8, 4) is 0 Å². The number of hydrogen-bond acceptors (Lipinski definition) is 4. The second kappa shape index (κ2) is 6.81. The first kappa shape index (κ1) is 14.9. The zero-order valence-corrected chi connectivity index (χ0v) is 11.9. The zero-order valence-electron chi connectivity index (χ0n) is 11.9. The smallest absolute Gasteiger partial charge is 0.272 e. The van der Waals surface area contributed by atoms with Crippen LogP contribution in [0.1, 0.15) is 30.4 Å². The van der Waals surface area contributed by atoms with Crippen LogP contribution in [0.25, 0.3) is 0 Å². The normalized spacial score (nSPS) is 20.0. The largest absolute Gasteiger partial charge is 0.396 e. The molecule has 1 fully saturated rings. The molecule has 0 spiro atoms. The Labute approximate surface area is 119 Å². The fourth-order valence-electron chi connectivity index (χ4n) is 2.99. The van der Waals surface area contributed by atoms with Crippen LogP contribution >= 0.6 is 0 Å². The van der Waals surface area contributed by atoms with Crippen molar-refractivity contribution < 1.29 is 10.0 Å². The first-order chi connectivity index (χ1) is 9.61. The summed E-state index contributed by atoms with van der Waals surface area (Å²) >= 11 is 0. The van der Waals surface area contributed by atoms with Crippen LogP contribution in [0.3, 0.4) is 0 Å². The van der Waals surface area contributed by atoms with Crippen LogP contribution in [0.5, 0.6) is 0 Å². The summed E-state index contributed by atoms with van der Waals surface area (Å²) in [6.07, 6.45) is 3.16. The third kappa shape index (κ3) is 3.55. The molecule has 0 bridgehead atoms. The van der Waals surface area contributed by atoms with Crippen molar-refractivity contribution in [2.75, 3.05) is 19.7 Å². The number of rotatable bonds is 5. The first-order valence-corrected chi connectivity index (χ1v) is 7.18. The van der Waals surface area contributed by atoms with E-state index in [4.69, 9.17) is 5.11 Å². The Morgan fingerprint density at radius 2 is 2.30 bits per heavy atom. The summed E-state index contributed by atoms with van der Waals surface area (Å²) in [5.41, 5.74) is 2.00. The Morgan fingerprint density at radius 1 is 1.50 bits per heavy atom. The van der Waals surface area contributed by atoms with Gasteiger partial charge in [-0.1, -0.05) is 12.1 Å². The molecule has 1 aromatic carbocycles. The molecule has 0 saturated carbocycles. The summed E-state index contributed by atoms with van der Waals surface area (Å²) in [7, 11) is 0. The van der Waals surface area contributed by atoms with Crippen LogP contribution in [-0.4, -0.2) is 34.6 Å². The van der Waals surface area contributed by atoms with Gasteiger partial charge in [-0.15, -0.1) is 0 Å². The number of likely N-dealkylation sites (tertiary alicyclic amines) is 1. The lowest BCUT2D eigenvalue weighted by molar-refractivity contribution is -0.385. The highest BCUT2D eigenvalue weighted by atomic mass is 16.6. The quantitative estimate of drug-likeness (QED) is 0.664. The van der Waals surface area contributed by atoms with Crippen molar-refractivity contribution in [1.29, 1.82) is 0 Å². The third-order valence-electron chi connectivity index (χ3n) is 4.15.